The highest BCUT2D eigenvalue weighted by atomic mass is 19.1. The number of rotatable bonds is 11. The van der Waals surface area contributed by atoms with Crippen molar-refractivity contribution in [2.75, 3.05) is 6.54 Å². The van der Waals surface area contributed by atoms with Crippen LogP contribution in [0.2, 0.25) is 0 Å². The molecule has 2 unspecified atom stereocenters. The predicted octanol–water partition coefficient (Wildman–Crippen LogP) is 4.10. The van der Waals surface area contributed by atoms with Gasteiger partial charge in [-0.3, -0.25) is 4.79 Å². The molecular weight excluding hydrogens is 374 g/mol. The molecule has 0 aliphatic heterocycles. The maximum absolute atomic E-state index is 13.5. The highest BCUT2D eigenvalue weighted by Gasteiger charge is 2.42. The van der Waals surface area contributed by atoms with Crippen molar-refractivity contribution >= 4 is 5.91 Å². The zero-order valence-corrected chi connectivity index (χ0v) is 18.2. The number of aliphatic hydroxyl groups excluding tert-OH is 1. The number of unbranched alkanes of at least 4 members (excludes halogenated alkanes) is 1. The number of hydrogen-bond donors (Lipinski definition) is 3. The average molecular weight is 411 g/mol. The van der Waals surface area contributed by atoms with Crippen LogP contribution in [0.5, 0.6) is 0 Å². The van der Waals surface area contributed by atoms with Gasteiger partial charge in [-0.1, -0.05) is 33.6 Å². The fraction of sp³-hybridized carbons (Fsp3) is 0.696. The molecule has 1 aromatic carbocycles. The van der Waals surface area contributed by atoms with E-state index >= 15 is 0 Å². The van der Waals surface area contributed by atoms with Crippen LogP contribution in [0.15, 0.2) is 18.2 Å². The average Bonchev–Trinajstić information content (AvgIpc) is 3.34. The number of hydrogen-bond acceptors (Lipinski definition) is 3. The first kappa shape index (κ1) is 23.7. The van der Waals surface area contributed by atoms with Gasteiger partial charge in [0.1, 0.15) is 11.6 Å². The van der Waals surface area contributed by atoms with E-state index in [0.29, 0.717) is 17.5 Å². The molecule has 4 nitrogen and oxygen atoms in total. The summed E-state index contributed by atoms with van der Waals surface area (Å²) < 4.78 is 26.9. The van der Waals surface area contributed by atoms with Crippen molar-refractivity contribution in [1.82, 2.24) is 10.6 Å². The summed E-state index contributed by atoms with van der Waals surface area (Å²) in [5, 5.41) is 16.9. The summed E-state index contributed by atoms with van der Waals surface area (Å²) in [4.78, 5) is 11.6. The van der Waals surface area contributed by atoms with E-state index in [1.54, 1.807) is 0 Å². The number of nitrogens with one attached hydrogen (secondary N) is 2. The molecule has 0 heterocycles. The molecular formula is C23H36F2N2O2. The lowest BCUT2D eigenvalue weighted by Crippen LogP contribution is -2.50. The van der Waals surface area contributed by atoms with Crippen LogP contribution in [0.3, 0.4) is 0 Å². The lowest BCUT2D eigenvalue weighted by atomic mass is 9.89. The third-order valence-corrected chi connectivity index (χ3v) is 5.60. The predicted molar refractivity (Wildman–Crippen MR) is 112 cm³/mol. The van der Waals surface area contributed by atoms with E-state index in [4.69, 9.17) is 0 Å². The van der Waals surface area contributed by atoms with E-state index in [-0.39, 0.29) is 17.9 Å². The van der Waals surface area contributed by atoms with Gasteiger partial charge in [0.15, 0.2) is 0 Å². The van der Waals surface area contributed by atoms with Crippen molar-refractivity contribution in [2.24, 2.45) is 5.41 Å². The molecule has 1 fully saturated rings. The zero-order valence-electron chi connectivity index (χ0n) is 18.2. The highest BCUT2D eigenvalue weighted by molar-refractivity contribution is 5.73. The Morgan fingerprint density at radius 3 is 2.31 bits per heavy atom. The minimum atomic E-state index is -0.850. The maximum Gasteiger partial charge on any atom is 0.217 e. The second kappa shape index (κ2) is 9.98. The van der Waals surface area contributed by atoms with E-state index < -0.39 is 23.8 Å². The molecule has 1 aliphatic rings. The Morgan fingerprint density at radius 1 is 1.17 bits per heavy atom. The van der Waals surface area contributed by atoms with Gasteiger partial charge in [-0.05, 0) is 55.2 Å². The van der Waals surface area contributed by atoms with Crippen molar-refractivity contribution in [2.45, 2.75) is 90.3 Å². The van der Waals surface area contributed by atoms with Crippen LogP contribution in [-0.2, 0) is 11.2 Å². The van der Waals surface area contributed by atoms with Gasteiger partial charge in [0.25, 0.3) is 0 Å². The first-order chi connectivity index (χ1) is 13.5. The van der Waals surface area contributed by atoms with Gasteiger partial charge in [-0.15, -0.1) is 0 Å². The number of carbonyl (C=O) groups excluding carboxylic acids is 1. The smallest absolute Gasteiger partial charge is 0.217 e. The Morgan fingerprint density at radius 2 is 1.79 bits per heavy atom. The Hall–Kier alpha value is -1.53. The summed E-state index contributed by atoms with van der Waals surface area (Å²) in [6.45, 7) is 8.46. The van der Waals surface area contributed by atoms with Gasteiger partial charge in [0.05, 0.1) is 12.1 Å². The van der Waals surface area contributed by atoms with E-state index in [1.165, 1.54) is 31.9 Å². The molecule has 29 heavy (non-hydrogen) atoms. The first-order valence-corrected chi connectivity index (χ1v) is 10.6. The lowest BCUT2D eigenvalue weighted by Gasteiger charge is -2.27. The quantitative estimate of drug-likeness (QED) is 0.481. The molecule has 0 aromatic heterocycles. The molecule has 0 bridgehead atoms. The topological polar surface area (TPSA) is 61.4 Å². The van der Waals surface area contributed by atoms with Crippen LogP contribution in [0, 0.1) is 17.0 Å². The zero-order chi connectivity index (χ0) is 21.7. The molecule has 0 spiro atoms. The molecule has 0 saturated heterocycles. The molecule has 0 radical (unpaired) electrons. The van der Waals surface area contributed by atoms with Crippen LogP contribution in [0.4, 0.5) is 8.78 Å². The number of halogens is 2. The molecule has 1 aliphatic carbocycles. The fourth-order valence-corrected chi connectivity index (χ4v) is 3.78. The second-order valence-electron chi connectivity index (χ2n) is 9.79. The molecule has 1 amide bonds. The van der Waals surface area contributed by atoms with Crippen molar-refractivity contribution in [3.8, 4) is 0 Å². The van der Waals surface area contributed by atoms with E-state index in [0.717, 1.165) is 31.7 Å². The van der Waals surface area contributed by atoms with E-state index in [1.807, 2.05) is 0 Å². The van der Waals surface area contributed by atoms with Crippen molar-refractivity contribution in [1.29, 1.82) is 0 Å². The second-order valence-corrected chi connectivity index (χ2v) is 9.79. The number of benzene rings is 1. The van der Waals surface area contributed by atoms with E-state index in [2.05, 4.69) is 31.4 Å². The van der Waals surface area contributed by atoms with Crippen LogP contribution in [-0.4, -0.2) is 35.2 Å². The van der Waals surface area contributed by atoms with Gasteiger partial charge in [0, 0.05) is 25.1 Å². The normalized spacial score (nSPS) is 17.6. The highest BCUT2D eigenvalue weighted by Crippen LogP contribution is 2.40. The largest absolute Gasteiger partial charge is 0.390 e. The molecule has 2 rings (SSSR count). The SMILES string of the molecule is CC(=O)NC(Cc1cc(F)cc(F)c1)C(O)CNC1(CCCCC(C)(C)C)CC1. The van der Waals surface area contributed by atoms with Crippen LogP contribution in [0.25, 0.3) is 0 Å². The number of amides is 1. The standard InChI is InChI=1S/C23H36F2N2O2/c1-16(28)27-20(13-17-11-18(24)14-19(25)12-17)21(29)15-26-23(9-10-23)8-6-5-7-22(2,3)4/h11-12,14,20-21,26,29H,5-10,13,15H2,1-4H3,(H,27,28). The molecule has 3 N–H and O–H groups in total. The van der Waals surface area contributed by atoms with Gasteiger partial charge in [-0.2, -0.15) is 0 Å². The summed E-state index contributed by atoms with van der Waals surface area (Å²) in [5.74, 6) is -1.61. The monoisotopic (exact) mass is 410 g/mol. The van der Waals surface area contributed by atoms with Crippen molar-refractivity contribution in [3.63, 3.8) is 0 Å². The Bertz CT molecular complexity index is 664. The maximum atomic E-state index is 13.5. The summed E-state index contributed by atoms with van der Waals surface area (Å²) in [7, 11) is 0. The molecule has 6 heteroatoms. The van der Waals surface area contributed by atoms with Crippen LogP contribution < -0.4 is 10.6 Å². The van der Waals surface area contributed by atoms with Gasteiger partial charge < -0.3 is 15.7 Å². The van der Waals surface area contributed by atoms with Gasteiger partial charge in [-0.25, -0.2) is 8.78 Å². The lowest BCUT2D eigenvalue weighted by molar-refractivity contribution is -0.120. The molecule has 1 saturated carbocycles. The van der Waals surface area contributed by atoms with Crippen LogP contribution >= 0.6 is 0 Å². The molecule has 2 atom stereocenters. The Labute approximate surface area is 173 Å². The number of carbonyl (C=O) groups is 1. The minimum Gasteiger partial charge on any atom is -0.390 e. The number of β-amino-alcohol motifs (C(OH)–C–C–N with tert-alkyl or cyclic N) is 1. The third kappa shape index (κ3) is 8.79. The summed E-state index contributed by atoms with van der Waals surface area (Å²) >= 11 is 0. The number of aliphatic hydroxyl groups is 1. The van der Waals surface area contributed by atoms with E-state index in [9.17, 15) is 18.7 Å². The molecule has 1 aromatic rings. The van der Waals surface area contributed by atoms with Gasteiger partial charge >= 0.3 is 0 Å². The fourth-order valence-electron chi connectivity index (χ4n) is 3.78. The summed E-state index contributed by atoms with van der Waals surface area (Å²) in [5.41, 5.74) is 0.844. The van der Waals surface area contributed by atoms with Crippen molar-refractivity contribution in [3.05, 3.63) is 35.4 Å². The third-order valence-electron chi connectivity index (χ3n) is 5.60. The first-order valence-electron chi connectivity index (χ1n) is 10.6. The summed E-state index contributed by atoms with van der Waals surface area (Å²) in [6.07, 6.45) is 6.11. The van der Waals surface area contributed by atoms with Crippen LogP contribution in [0.1, 0.15) is 71.8 Å². The molecule has 164 valence electrons. The summed E-state index contributed by atoms with van der Waals surface area (Å²) in [6, 6.07) is 2.66. The Kier molecular flexibility index (Phi) is 8.18. The Balaban J connectivity index is 1.87. The minimum absolute atomic E-state index is 0.0879. The van der Waals surface area contributed by atoms with Gasteiger partial charge in [0.2, 0.25) is 5.91 Å². The van der Waals surface area contributed by atoms with Crippen molar-refractivity contribution < 1.29 is 18.7 Å².